The SMILES string of the molecule is CCc1ccc(-c2nncn2C)c(-c2cc(NCCCC#N)nc(N3Cc4c(cc(CNCC5CC5)cc4C(F)(F)F)C3=O)c2)c1. The molecule has 0 radical (unpaired) electrons. The molecule has 0 saturated heterocycles. The van der Waals surface area contributed by atoms with Gasteiger partial charge in [0.25, 0.3) is 5.91 Å². The van der Waals surface area contributed by atoms with E-state index in [0.717, 1.165) is 48.6 Å². The highest BCUT2D eigenvalue weighted by Gasteiger charge is 2.41. The van der Waals surface area contributed by atoms with Crippen LogP contribution in [0.3, 0.4) is 0 Å². The van der Waals surface area contributed by atoms with Gasteiger partial charge in [-0.2, -0.15) is 18.4 Å². The molecule has 1 aliphatic heterocycles. The molecule has 238 valence electrons. The number of aromatic nitrogens is 4. The van der Waals surface area contributed by atoms with Gasteiger partial charge in [-0.15, -0.1) is 10.2 Å². The van der Waals surface area contributed by atoms with E-state index in [-0.39, 0.29) is 30.0 Å². The van der Waals surface area contributed by atoms with Crippen molar-refractivity contribution in [1.82, 2.24) is 25.1 Å². The first-order valence-corrected chi connectivity index (χ1v) is 15.5. The van der Waals surface area contributed by atoms with Crippen LogP contribution in [-0.2, 0) is 32.7 Å². The molecule has 4 aromatic rings. The van der Waals surface area contributed by atoms with Gasteiger partial charge in [0.15, 0.2) is 5.82 Å². The molecule has 9 nitrogen and oxygen atoms in total. The molecule has 1 saturated carbocycles. The van der Waals surface area contributed by atoms with E-state index in [4.69, 9.17) is 10.2 Å². The fourth-order valence-electron chi connectivity index (χ4n) is 5.81. The highest BCUT2D eigenvalue weighted by Crippen LogP contribution is 2.41. The second-order valence-electron chi connectivity index (χ2n) is 11.9. The van der Waals surface area contributed by atoms with Crippen molar-refractivity contribution in [3.8, 4) is 28.6 Å². The summed E-state index contributed by atoms with van der Waals surface area (Å²) < 4.78 is 44.9. The van der Waals surface area contributed by atoms with Crippen molar-refractivity contribution in [2.75, 3.05) is 23.3 Å². The van der Waals surface area contributed by atoms with Crippen LogP contribution in [0.5, 0.6) is 0 Å². The van der Waals surface area contributed by atoms with E-state index in [9.17, 15) is 18.0 Å². The highest BCUT2D eigenvalue weighted by molar-refractivity contribution is 6.10. The molecule has 6 rings (SSSR count). The Morgan fingerprint density at radius 3 is 2.57 bits per heavy atom. The number of amides is 1. The first-order chi connectivity index (χ1) is 22.2. The number of carbonyl (C=O) groups excluding carboxylic acids is 1. The monoisotopic (exact) mass is 628 g/mol. The van der Waals surface area contributed by atoms with Gasteiger partial charge in [-0.3, -0.25) is 9.69 Å². The van der Waals surface area contributed by atoms with Crippen molar-refractivity contribution < 1.29 is 18.0 Å². The van der Waals surface area contributed by atoms with Crippen molar-refractivity contribution in [3.05, 3.63) is 76.6 Å². The molecule has 0 atom stereocenters. The summed E-state index contributed by atoms with van der Waals surface area (Å²) in [6.07, 6.45) is 0.953. The normalized spacial score (nSPS) is 14.4. The Kier molecular flexibility index (Phi) is 8.77. The summed E-state index contributed by atoms with van der Waals surface area (Å²) in [6, 6.07) is 14.5. The molecule has 0 unspecified atom stereocenters. The molecule has 0 spiro atoms. The zero-order chi connectivity index (χ0) is 32.4. The number of halogens is 3. The molecule has 0 bridgehead atoms. The van der Waals surface area contributed by atoms with Gasteiger partial charge in [-0.1, -0.05) is 25.1 Å². The Hall–Kier alpha value is -4.76. The molecule has 46 heavy (non-hydrogen) atoms. The van der Waals surface area contributed by atoms with Crippen LogP contribution >= 0.6 is 0 Å². The maximum absolute atomic E-state index is 14.4. The summed E-state index contributed by atoms with van der Waals surface area (Å²) >= 11 is 0. The Morgan fingerprint density at radius 1 is 1.07 bits per heavy atom. The van der Waals surface area contributed by atoms with Crippen molar-refractivity contribution in [3.63, 3.8) is 0 Å². The summed E-state index contributed by atoms with van der Waals surface area (Å²) in [5, 5.41) is 23.8. The van der Waals surface area contributed by atoms with Crippen LogP contribution in [0.2, 0.25) is 0 Å². The number of carbonyl (C=O) groups is 1. The average molecular weight is 629 g/mol. The van der Waals surface area contributed by atoms with Gasteiger partial charge in [0.1, 0.15) is 18.0 Å². The Bertz CT molecular complexity index is 1810. The van der Waals surface area contributed by atoms with Gasteiger partial charge in [0.2, 0.25) is 0 Å². The summed E-state index contributed by atoms with van der Waals surface area (Å²) in [4.78, 5) is 19.9. The number of unbranched alkanes of at least 4 members (excludes halogenated alkanes) is 1. The predicted molar refractivity (Wildman–Crippen MR) is 169 cm³/mol. The van der Waals surface area contributed by atoms with Gasteiger partial charge in [-0.05, 0) is 90.2 Å². The molecule has 2 aromatic heterocycles. The molecule has 2 N–H and O–H groups in total. The largest absolute Gasteiger partial charge is 0.416 e. The van der Waals surface area contributed by atoms with E-state index in [0.29, 0.717) is 48.1 Å². The quantitative estimate of drug-likeness (QED) is 0.172. The fourth-order valence-corrected chi connectivity index (χ4v) is 5.81. The molecule has 1 fully saturated rings. The number of aryl methyl sites for hydroxylation is 2. The first-order valence-electron chi connectivity index (χ1n) is 15.5. The second kappa shape index (κ2) is 12.9. The smallest absolute Gasteiger partial charge is 0.370 e. The van der Waals surface area contributed by atoms with E-state index in [2.05, 4.69) is 33.8 Å². The highest BCUT2D eigenvalue weighted by atomic mass is 19.4. The van der Waals surface area contributed by atoms with Crippen LogP contribution in [-0.4, -0.2) is 38.7 Å². The number of rotatable bonds is 12. The van der Waals surface area contributed by atoms with Crippen LogP contribution in [0.15, 0.2) is 48.8 Å². The number of nitrogens with one attached hydrogen (secondary N) is 2. The summed E-state index contributed by atoms with van der Waals surface area (Å²) in [5.41, 5.74) is 3.04. The van der Waals surface area contributed by atoms with Gasteiger partial charge < -0.3 is 15.2 Å². The Labute approximate surface area is 265 Å². The molecule has 1 aliphatic carbocycles. The maximum atomic E-state index is 14.4. The number of hydrogen-bond donors (Lipinski definition) is 2. The zero-order valence-corrected chi connectivity index (χ0v) is 25.8. The zero-order valence-electron chi connectivity index (χ0n) is 25.8. The lowest BCUT2D eigenvalue weighted by atomic mass is 9.96. The molecule has 2 aliphatic rings. The van der Waals surface area contributed by atoms with E-state index in [1.807, 2.05) is 35.9 Å². The minimum absolute atomic E-state index is 0.0431. The molecule has 12 heteroatoms. The minimum Gasteiger partial charge on any atom is -0.370 e. The summed E-state index contributed by atoms with van der Waals surface area (Å²) in [5.74, 6) is 1.36. The lowest BCUT2D eigenvalue weighted by molar-refractivity contribution is -0.138. The first kappa shape index (κ1) is 31.2. The number of benzene rings is 2. The van der Waals surface area contributed by atoms with Gasteiger partial charge in [-0.25, -0.2) is 4.98 Å². The molecule has 2 aromatic carbocycles. The summed E-state index contributed by atoms with van der Waals surface area (Å²) in [7, 11) is 1.85. The third-order valence-corrected chi connectivity index (χ3v) is 8.48. The second-order valence-corrected chi connectivity index (χ2v) is 11.9. The lowest BCUT2D eigenvalue weighted by Crippen LogP contribution is -2.24. The Morgan fingerprint density at radius 2 is 1.87 bits per heavy atom. The Balaban J connectivity index is 1.42. The van der Waals surface area contributed by atoms with E-state index < -0.39 is 17.6 Å². The number of fused-ring (bicyclic) bond motifs is 1. The average Bonchev–Trinajstić information content (AvgIpc) is 3.68. The molecular formula is C34H35F3N8O. The number of pyridine rings is 1. The van der Waals surface area contributed by atoms with Crippen molar-refractivity contribution in [2.24, 2.45) is 13.0 Å². The van der Waals surface area contributed by atoms with Gasteiger partial charge in [0.05, 0.1) is 18.2 Å². The topological polar surface area (TPSA) is 112 Å². The number of anilines is 2. The van der Waals surface area contributed by atoms with Gasteiger partial charge in [0, 0.05) is 37.7 Å². The van der Waals surface area contributed by atoms with Crippen LogP contribution in [0.4, 0.5) is 24.8 Å². The van der Waals surface area contributed by atoms with E-state index in [1.165, 1.54) is 4.90 Å². The van der Waals surface area contributed by atoms with Crippen LogP contribution < -0.4 is 15.5 Å². The third kappa shape index (κ3) is 6.60. The van der Waals surface area contributed by atoms with Crippen molar-refractivity contribution in [2.45, 2.75) is 58.3 Å². The molecule has 1 amide bonds. The fraction of sp³-hybridized carbons (Fsp3) is 0.382. The number of nitriles is 1. The van der Waals surface area contributed by atoms with Crippen LogP contribution in [0.1, 0.15) is 65.2 Å². The minimum atomic E-state index is -4.62. The molecule has 3 heterocycles. The number of alkyl halides is 3. The molecular weight excluding hydrogens is 593 g/mol. The van der Waals surface area contributed by atoms with E-state index in [1.54, 1.807) is 18.5 Å². The van der Waals surface area contributed by atoms with Crippen LogP contribution in [0.25, 0.3) is 22.5 Å². The third-order valence-electron chi connectivity index (χ3n) is 8.48. The number of hydrogen-bond acceptors (Lipinski definition) is 7. The van der Waals surface area contributed by atoms with E-state index >= 15 is 0 Å². The van der Waals surface area contributed by atoms with Crippen LogP contribution in [0, 0.1) is 17.2 Å². The summed E-state index contributed by atoms with van der Waals surface area (Å²) in [6.45, 7) is 3.25. The van der Waals surface area contributed by atoms with Crippen molar-refractivity contribution >= 4 is 17.5 Å². The van der Waals surface area contributed by atoms with Crippen molar-refractivity contribution in [1.29, 1.82) is 5.26 Å². The maximum Gasteiger partial charge on any atom is 0.416 e. The van der Waals surface area contributed by atoms with Gasteiger partial charge >= 0.3 is 6.18 Å². The standard InChI is InChI=1S/C34H35F3N8O/c1-3-21-8-9-25(32-43-41-20-44(32)2)26(12-21)24-15-30(40-11-5-4-10-38)42-31(16-24)45-19-28-27(33(45)46)13-23(14-29(28)34(35,36)37)18-39-17-22-6-7-22/h8-9,12-16,20,22,39H,3-7,11,17-19H2,1-2H3,(H,40,42). The number of nitrogens with zero attached hydrogens (tertiary/aromatic N) is 6. The lowest BCUT2D eigenvalue weighted by Gasteiger charge is -2.19. The predicted octanol–water partition coefficient (Wildman–Crippen LogP) is 6.50.